The molecule has 0 aliphatic rings. The Morgan fingerprint density at radius 3 is 2.33 bits per heavy atom. The Hall–Kier alpha value is -2.16. The third-order valence-electron chi connectivity index (χ3n) is 2.71. The molecule has 0 radical (unpaired) electrons. The molecule has 0 amide bonds. The molecule has 3 nitrogen and oxygen atoms in total. The second-order valence-corrected chi connectivity index (χ2v) is 4.36. The number of Topliss-reactive ketones (excluding diaryl/α,β-unsaturated/α-hetero) is 1. The molecule has 2 aromatic rings. The van der Waals surface area contributed by atoms with Gasteiger partial charge in [0, 0.05) is 11.8 Å². The van der Waals surface area contributed by atoms with E-state index < -0.39 is 0 Å². The van der Waals surface area contributed by atoms with Crippen molar-refractivity contribution >= 4 is 11.6 Å². The van der Waals surface area contributed by atoms with E-state index >= 15 is 0 Å². The Kier molecular flexibility index (Phi) is 3.72. The van der Waals surface area contributed by atoms with E-state index in [2.05, 4.69) is 10.3 Å². The van der Waals surface area contributed by atoms with E-state index in [4.69, 9.17) is 0 Å². The topological polar surface area (TPSA) is 42.0 Å². The van der Waals surface area contributed by atoms with Crippen molar-refractivity contribution in [2.75, 3.05) is 11.9 Å². The molecular formula is C15H16N2O. The summed E-state index contributed by atoms with van der Waals surface area (Å²) < 4.78 is 0. The van der Waals surface area contributed by atoms with Crippen molar-refractivity contribution in [2.24, 2.45) is 0 Å². The van der Waals surface area contributed by atoms with Gasteiger partial charge in [-0.25, -0.2) is 4.98 Å². The van der Waals surface area contributed by atoms with Crippen molar-refractivity contribution in [3.8, 4) is 0 Å². The maximum Gasteiger partial charge on any atom is 0.181 e. The zero-order chi connectivity index (χ0) is 13.0. The molecule has 0 bridgehead atoms. The lowest BCUT2D eigenvalue weighted by Crippen LogP contribution is -2.14. The van der Waals surface area contributed by atoms with Gasteiger partial charge in [0.05, 0.1) is 6.54 Å². The van der Waals surface area contributed by atoms with E-state index in [1.165, 1.54) is 0 Å². The molecule has 92 valence electrons. The highest BCUT2D eigenvalue weighted by Gasteiger charge is 2.05. The molecule has 1 aromatic carbocycles. The summed E-state index contributed by atoms with van der Waals surface area (Å²) in [4.78, 5) is 16.1. The van der Waals surface area contributed by atoms with Crippen molar-refractivity contribution < 1.29 is 4.79 Å². The average molecular weight is 240 g/mol. The van der Waals surface area contributed by atoms with Crippen LogP contribution in [0.4, 0.5) is 5.82 Å². The van der Waals surface area contributed by atoms with Crippen molar-refractivity contribution in [2.45, 2.75) is 13.8 Å². The fourth-order valence-corrected chi connectivity index (χ4v) is 1.58. The summed E-state index contributed by atoms with van der Waals surface area (Å²) in [6.45, 7) is 4.25. The van der Waals surface area contributed by atoms with Crippen LogP contribution in [0.3, 0.4) is 0 Å². The minimum absolute atomic E-state index is 0.0670. The maximum absolute atomic E-state index is 11.9. The Balaban J connectivity index is 1.96. The molecule has 0 aliphatic carbocycles. The van der Waals surface area contributed by atoms with Gasteiger partial charge in [-0.15, -0.1) is 0 Å². The summed E-state index contributed by atoms with van der Waals surface area (Å²) in [5.41, 5.74) is 2.98. The van der Waals surface area contributed by atoms with Crippen LogP contribution in [-0.2, 0) is 0 Å². The van der Waals surface area contributed by atoms with Crippen molar-refractivity contribution in [1.82, 2.24) is 4.98 Å². The molecule has 0 fully saturated rings. The summed E-state index contributed by atoms with van der Waals surface area (Å²) in [6, 6.07) is 11.4. The normalized spacial score (nSPS) is 10.1. The van der Waals surface area contributed by atoms with Gasteiger partial charge in [0.15, 0.2) is 5.78 Å². The van der Waals surface area contributed by atoms with Gasteiger partial charge < -0.3 is 5.32 Å². The Morgan fingerprint density at radius 2 is 1.72 bits per heavy atom. The van der Waals surface area contributed by atoms with Crippen LogP contribution in [0, 0.1) is 13.8 Å². The highest BCUT2D eigenvalue weighted by molar-refractivity contribution is 5.98. The number of benzene rings is 1. The highest BCUT2D eigenvalue weighted by atomic mass is 16.1. The quantitative estimate of drug-likeness (QED) is 0.835. The van der Waals surface area contributed by atoms with Gasteiger partial charge in [-0.2, -0.15) is 0 Å². The van der Waals surface area contributed by atoms with Crippen LogP contribution in [-0.4, -0.2) is 17.3 Å². The second kappa shape index (κ2) is 5.45. The van der Waals surface area contributed by atoms with Crippen molar-refractivity contribution in [3.05, 3.63) is 59.3 Å². The van der Waals surface area contributed by atoms with E-state index in [9.17, 15) is 4.79 Å². The van der Waals surface area contributed by atoms with E-state index in [1.54, 1.807) is 6.20 Å². The zero-order valence-electron chi connectivity index (χ0n) is 10.6. The standard InChI is InChI=1S/C15H16N2O/c1-11-3-6-13(7-4-11)14(18)10-17-15-8-5-12(2)9-16-15/h3-9H,10H2,1-2H3,(H,16,17). The number of ketones is 1. The first-order chi connectivity index (χ1) is 8.65. The number of pyridine rings is 1. The molecule has 0 saturated carbocycles. The van der Waals surface area contributed by atoms with Crippen LogP contribution < -0.4 is 5.32 Å². The highest BCUT2D eigenvalue weighted by Crippen LogP contribution is 2.06. The molecule has 0 spiro atoms. The van der Waals surface area contributed by atoms with Gasteiger partial charge >= 0.3 is 0 Å². The number of carbonyl (C=O) groups is 1. The monoisotopic (exact) mass is 240 g/mol. The number of hydrogen-bond acceptors (Lipinski definition) is 3. The Bertz CT molecular complexity index is 529. The van der Waals surface area contributed by atoms with Crippen LogP contribution >= 0.6 is 0 Å². The van der Waals surface area contributed by atoms with Crippen LogP contribution in [0.25, 0.3) is 0 Å². The minimum Gasteiger partial charge on any atom is -0.363 e. The van der Waals surface area contributed by atoms with Gasteiger partial charge in [-0.3, -0.25) is 4.79 Å². The summed E-state index contributed by atoms with van der Waals surface area (Å²) in [5.74, 6) is 0.790. The number of nitrogens with zero attached hydrogens (tertiary/aromatic N) is 1. The summed E-state index contributed by atoms with van der Waals surface area (Å²) >= 11 is 0. The molecule has 1 heterocycles. The average Bonchev–Trinajstić information content (AvgIpc) is 2.38. The molecule has 0 saturated heterocycles. The van der Waals surface area contributed by atoms with Gasteiger partial charge in [-0.1, -0.05) is 35.9 Å². The van der Waals surface area contributed by atoms with E-state index in [0.29, 0.717) is 0 Å². The lowest BCUT2D eigenvalue weighted by Gasteiger charge is -2.05. The number of aromatic nitrogens is 1. The number of nitrogens with one attached hydrogen (secondary N) is 1. The molecule has 0 atom stereocenters. The smallest absolute Gasteiger partial charge is 0.181 e. The van der Waals surface area contributed by atoms with Crippen molar-refractivity contribution in [3.63, 3.8) is 0 Å². The first kappa shape index (κ1) is 12.3. The molecule has 0 aliphatic heterocycles. The molecule has 0 unspecified atom stereocenters. The van der Waals surface area contributed by atoms with Gasteiger partial charge in [-0.05, 0) is 25.5 Å². The third kappa shape index (κ3) is 3.17. The lowest BCUT2D eigenvalue weighted by molar-refractivity contribution is 0.101. The third-order valence-corrected chi connectivity index (χ3v) is 2.71. The van der Waals surface area contributed by atoms with Gasteiger partial charge in [0.25, 0.3) is 0 Å². The van der Waals surface area contributed by atoms with E-state index in [1.807, 2.05) is 50.2 Å². The fourth-order valence-electron chi connectivity index (χ4n) is 1.58. The molecule has 18 heavy (non-hydrogen) atoms. The molecule has 1 N–H and O–H groups in total. The van der Waals surface area contributed by atoms with Crippen LogP contribution in [0.2, 0.25) is 0 Å². The SMILES string of the molecule is Cc1ccc(C(=O)CNc2ccc(C)cn2)cc1. The Labute approximate surface area is 107 Å². The largest absolute Gasteiger partial charge is 0.363 e. The lowest BCUT2D eigenvalue weighted by atomic mass is 10.1. The maximum atomic E-state index is 11.9. The Morgan fingerprint density at radius 1 is 1.06 bits per heavy atom. The van der Waals surface area contributed by atoms with Crippen LogP contribution in [0.15, 0.2) is 42.6 Å². The molecule has 3 heteroatoms. The number of anilines is 1. The number of aryl methyl sites for hydroxylation is 2. The number of carbonyl (C=O) groups excluding carboxylic acids is 1. The van der Waals surface area contributed by atoms with Crippen molar-refractivity contribution in [1.29, 1.82) is 0 Å². The number of rotatable bonds is 4. The van der Waals surface area contributed by atoms with Crippen LogP contribution in [0.1, 0.15) is 21.5 Å². The predicted molar refractivity (Wildman–Crippen MR) is 73.0 cm³/mol. The predicted octanol–water partition coefficient (Wildman–Crippen LogP) is 2.99. The summed E-state index contributed by atoms with van der Waals surface area (Å²) in [5, 5.41) is 3.02. The molecule has 1 aromatic heterocycles. The summed E-state index contributed by atoms with van der Waals surface area (Å²) in [7, 11) is 0. The van der Waals surface area contributed by atoms with Gasteiger partial charge in [0.1, 0.15) is 5.82 Å². The molecular weight excluding hydrogens is 224 g/mol. The first-order valence-electron chi connectivity index (χ1n) is 5.91. The summed E-state index contributed by atoms with van der Waals surface area (Å²) in [6.07, 6.45) is 1.78. The second-order valence-electron chi connectivity index (χ2n) is 4.36. The van der Waals surface area contributed by atoms with Crippen LogP contribution in [0.5, 0.6) is 0 Å². The molecule has 2 rings (SSSR count). The van der Waals surface area contributed by atoms with E-state index in [0.717, 1.165) is 22.5 Å². The number of hydrogen-bond donors (Lipinski definition) is 1. The fraction of sp³-hybridized carbons (Fsp3) is 0.200. The minimum atomic E-state index is 0.0670. The van der Waals surface area contributed by atoms with E-state index in [-0.39, 0.29) is 12.3 Å². The first-order valence-corrected chi connectivity index (χ1v) is 5.91. The van der Waals surface area contributed by atoms with Gasteiger partial charge in [0.2, 0.25) is 0 Å². The zero-order valence-corrected chi connectivity index (χ0v) is 10.6.